The molecule has 1 fully saturated rings. The van der Waals surface area contributed by atoms with Gasteiger partial charge in [0.05, 0.1) is 5.56 Å². The van der Waals surface area contributed by atoms with Crippen molar-refractivity contribution in [2.45, 2.75) is 18.9 Å². The number of carbonyl (C=O) groups excluding carboxylic acids is 1. The first-order valence-electron chi connectivity index (χ1n) is 7.93. The van der Waals surface area contributed by atoms with E-state index in [1.54, 1.807) is 18.3 Å². The van der Waals surface area contributed by atoms with E-state index in [1.807, 2.05) is 18.2 Å². The second-order valence-corrected chi connectivity index (χ2v) is 5.81. The fourth-order valence-corrected chi connectivity index (χ4v) is 2.83. The van der Waals surface area contributed by atoms with Crippen LogP contribution in [0.3, 0.4) is 0 Å². The van der Waals surface area contributed by atoms with Crippen molar-refractivity contribution in [3.05, 3.63) is 59.8 Å². The number of carbonyl (C=O) groups is 2. The Morgan fingerprint density at radius 3 is 2.29 bits per heavy atom. The molecule has 1 aliphatic rings. The van der Waals surface area contributed by atoms with E-state index in [9.17, 15) is 9.59 Å². The SMILES string of the molecule is O=C(O)c1ccc(C(=O)NC2CCN(c3ccccn3)CC2)cc1. The third kappa shape index (κ3) is 3.71. The van der Waals surface area contributed by atoms with E-state index in [2.05, 4.69) is 15.2 Å². The highest BCUT2D eigenvalue weighted by Gasteiger charge is 2.21. The standard InChI is InChI=1S/C18H19N3O3/c22-17(13-4-6-14(7-5-13)18(23)24)20-15-8-11-21(12-9-15)16-3-1-2-10-19-16/h1-7,10,15H,8-9,11-12H2,(H,20,22)(H,23,24). The number of nitrogens with zero attached hydrogens (tertiary/aromatic N) is 2. The summed E-state index contributed by atoms with van der Waals surface area (Å²) < 4.78 is 0. The first-order valence-corrected chi connectivity index (χ1v) is 7.93. The van der Waals surface area contributed by atoms with Crippen LogP contribution in [-0.4, -0.2) is 41.1 Å². The monoisotopic (exact) mass is 325 g/mol. The summed E-state index contributed by atoms with van der Waals surface area (Å²) >= 11 is 0. The molecular formula is C18H19N3O3. The lowest BCUT2D eigenvalue weighted by Gasteiger charge is -2.33. The van der Waals surface area contributed by atoms with Gasteiger partial charge in [-0.25, -0.2) is 9.78 Å². The quantitative estimate of drug-likeness (QED) is 0.900. The first-order chi connectivity index (χ1) is 11.6. The molecule has 2 heterocycles. The van der Waals surface area contributed by atoms with Gasteiger partial charge in [0.1, 0.15) is 5.82 Å². The number of carboxylic acid groups (broad SMARTS) is 1. The van der Waals surface area contributed by atoms with E-state index in [1.165, 1.54) is 12.1 Å². The molecule has 3 rings (SSSR count). The molecule has 2 N–H and O–H groups in total. The van der Waals surface area contributed by atoms with Gasteiger partial charge in [-0.05, 0) is 49.2 Å². The van der Waals surface area contributed by atoms with Crippen molar-refractivity contribution < 1.29 is 14.7 Å². The highest BCUT2D eigenvalue weighted by atomic mass is 16.4. The lowest BCUT2D eigenvalue weighted by Crippen LogP contribution is -2.44. The van der Waals surface area contributed by atoms with Crippen LogP contribution >= 0.6 is 0 Å². The number of nitrogens with one attached hydrogen (secondary N) is 1. The van der Waals surface area contributed by atoms with Gasteiger partial charge in [-0.3, -0.25) is 4.79 Å². The highest BCUT2D eigenvalue weighted by Crippen LogP contribution is 2.17. The zero-order chi connectivity index (χ0) is 16.9. The zero-order valence-electron chi connectivity index (χ0n) is 13.2. The number of carboxylic acids is 1. The van der Waals surface area contributed by atoms with Crippen LogP contribution in [0.2, 0.25) is 0 Å². The Balaban J connectivity index is 1.54. The van der Waals surface area contributed by atoms with Crippen molar-refractivity contribution in [3.8, 4) is 0 Å². The van der Waals surface area contributed by atoms with Gasteiger partial charge >= 0.3 is 5.97 Å². The number of hydrogen-bond acceptors (Lipinski definition) is 4. The van der Waals surface area contributed by atoms with Gasteiger partial charge < -0.3 is 15.3 Å². The van der Waals surface area contributed by atoms with Gasteiger partial charge in [-0.15, -0.1) is 0 Å². The molecular weight excluding hydrogens is 306 g/mol. The van der Waals surface area contributed by atoms with Crippen molar-refractivity contribution in [1.29, 1.82) is 0 Å². The number of pyridine rings is 1. The average Bonchev–Trinajstić information content (AvgIpc) is 2.63. The minimum absolute atomic E-state index is 0.122. The topological polar surface area (TPSA) is 82.5 Å². The number of aromatic carboxylic acids is 1. The summed E-state index contributed by atoms with van der Waals surface area (Å²) in [5.74, 6) is -0.196. The third-order valence-electron chi connectivity index (χ3n) is 4.20. The Bertz CT molecular complexity index is 708. The number of rotatable bonds is 4. The minimum Gasteiger partial charge on any atom is -0.478 e. The van der Waals surface area contributed by atoms with Crippen molar-refractivity contribution in [1.82, 2.24) is 10.3 Å². The van der Waals surface area contributed by atoms with Crippen LogP contribution in [0, 0.1) is 0 Å². The van der Waals surface area contributed by atoms with Gasteiger partial charge in [0.25, 0.3) is 5.91 Å². The van der Waals surface area contributed by atoms with Crippen molar-refractivity contribution in [2.24, 2.45) is 0 Å². The summed E-state index contributed by atoms with van der Waals surface area (Å²) in [6.45, 7) is 1.69. The third-order valence-corrected chi connectivity index (χ3v) is 4.20. The number of aromatic nitrogens is 1. The van der Waals surface area contributed by atoms with Crippen LogP contribution in [0.1, 0.15) is 33.6 Å². The summed E-state index contributed by atoms with van der Waals surface area (Å²) in [5, 5.41) is 11.9. The number of amides is 1. The predicted octanol–water partition coefficient (Wildman–Crippen LogP) is 2.18. The maximum Gasteiger partial charge on any atom is 0.335 e. The molecule has 24 heavy (non-hydrogen) atoms. The van der Waals surface area contributed by atoms with Gasteiger partial charge in [0.2, 0.25) is 0 Å². The summed E-state index contributed by atoms with van der Waals surface area (Å²) in [7, 11) is 0. The average molecular weight is 325 g/mol. The molecule has 1 aromatic heterocycles. The normalized spacial score (nSPS) is 15.1. The van der Waals surface area contributed by atoms with E-state index in [4.69, 9.17) is 5.11 Å². The second kappa shape index (κ2) is 7.12. The Morgan fingerprint density at radius 1 is 1.04 bits per heavy atom. The summed E-state index contributed by atoms with van der Waals surface area (Å²) in [4.78, 5) is 29.7. The molecule has 0 aliphatic carbocycles. The molecule has 0 bridgehead atoms. The van der Waals surface area contributed by atoms with E-state index in [-0.39, 0.29) is 17.5 Å². The molecule has 1 saturated heterocycles. The van der Waals surface area contributed by atoms with Gasteiger partial charge in [0.15, 0.2) is 0 Å². The Labute approximate surface area is 140 Å². The maximum atomic E-state index is 12.3. The molecule has 1 amide bonds. The Morgan fingerprint density at radius 2 is 1.71 bits per heavy atom. The van der Waals surface area contributed by atoms with Gasteiger partial charge in [0, 0.05) is 30.9 Å². The van der Waals surface area contributed by atoms with Crippen LogP contribution in [-0.2, 0) is 0 Å². The largest absolute Gasteiger partial charge is 0.478 e. The van der Waals surface area contributed by atoms with Gasteiger partial charge in [-0.1, -0.05) is 6.07 Å². The van der Waals surface area contributed by atoms with E-state index >= 15 is 0 Å². The number of piperidine rings is 1. The van der Waals surface area contributed by atoms with E-state index in [0.717, 1.165) is 31.7 Å². The molecule has 0 saturated carbocycles. The molecule has 6 nitrogen and oxygen atoms in total. The Kier molecular flexibility index (Phi) is 4.74. The molecule has 124 valence electrons. The molecule has 1 aliphatic heterocycles. The fourth-order valence-electron chi connectivity index (χ4n) is 2.83. The van der Waals surface area contributed by atoms with Crippen LogP contribution in [0.25, 0.3) is 0 Å². The molecule has 0 radical (unpaired) electrons. The lowest BCUT2D eigenvalue weighted by molar-refractivity contribution is 0.0696. The highest BCUT2D eigenvalue weighted by molar-refractivity contribution is 5.96. The molecule has 0 unspecified atom stereocenters. The maximum absolute atomic E-state index is 12.3. The fraction of sp³-hybridized carbons (Fsp3) is 0.278. The number of hydrogen-bond donors (Lipinski definition) is 2. The van der Waals surface area contributed by atoms with Crippen LogP contribution in [0.5, 0.6) is 0 Å². The zero-order valence-corrected chi connectivity index (χ0v) is 13.2. The molecule has 0 atom stereocenters. The number of anilines is 1. The molecule has 1 aromatic carbocycles. The molecule has 0 spiro atoms. The van der Waals surface area contributed by atoms with Crippen molar-refractivity contribution in [2.75, 3.05) is 18.0 Å². The summed E-state index contributed by atoms with van der Waals surface area (Å²) in [6, 6.07) is 12.0. The number of benzene rings is 1. The van der Waals surface area contributed by atoms with Crippen molar-refractivity contribution in [3.63, 3.8) is 0 Å². The Hall–Kier alpha value is -2.89. The minimum atomic E-state index is -0.996. The van der Waals surface area contributed by atoms with Crippen LogP contribution in [0.15, 0.2) is 48.7 Å². The first kappa shape index (κ1) is 16.0. The van der Waals surface area contributed by atoms with Gasteiger partial charge in [-0.2, -0.15) is 0 Å². The predicted molar refractivity (Wildman–Crippen MR) is 90.3 cm³/mol. The molecule has 2 aromatic rings. The van der Waals surface area contributed by atoms with E-state index < -0.39 is 5.97 Å². The molecule has 6 heteroatoms. The van der Waals surface area contributed by atoms with Crippen molar-refractivity contribution >= 4 is 17.7 Å². The van der Waals surface area contributed by atoms with Crippen LogP contribution in [0.4, 0.5) is 5.82 Å². The lowest BCUT2D eigenvalue weighted by atomic mass is 10.0. The smallest absolute Gasteiger partial charge is 0.335 e. The van der Waals surface area contributed by atoms with Crippen LogP contribution < -0.4 is 10.2 Å². The second-order valence-electron chi connectivity index (χ2n) is 5.81. The summed E-state index contributed by atoms with van der Waals surface area (Å²) in [5.41, 5.74) is 0.655. The summed E-state index contributed by atoms with van der Waals surface area (Å²) in [6.07, 6.45) is 3.50. The van der Waals surface area contributed by atoms with E-state index in [0.29, 0.717) is 5.56 Å².